The quantitative estimate of drug-likeness (QED) is 0.229. The Morgan fingerprint density at radius 1 is 1.02 bits per heavy atom. The molecule has 1 saturated heterocycles. The molecule has 5 rings (SSSR count). The molecule has 0 radical (unpaired) electrons. The van der Waals surface area contributed by atoms with Gasteiger partial charge in [0.25, 0.3) is 11.5 Å². The summed E-state index contributed by atoms with van der Waals surface area (Å²) in [6.45, 7) is 16.9. The molecule has 9 heteroatoms. The van der Waals surface area contributed by atoms with E-state index in [2.05, 4.69) is 76.9 Å². The van der Waals surface area contributed by atoms with E-state index < -0.39 is 8.32 Å². The number of nitrogens with zero attached hydrogens (tertiary/aromatic N) is 4. The van der Waals surface area contributed by atoms with Crippen LogP contribution in [0.5, 0.6) is 0 Å². The number of rotatable bonds is 10. The van der Waals surface area contributed by atoms with E-state index in [1.54, 1.807) is 11.0 Å². The van der Waals surface area contributed by atoms with Gasteiger partial charge < -0.3 is 14.3 Å². The number of nitrogens with one attached hydrogen (secondary N) is 1. The van der Waals surface area contributed by atoms with Gasteiger partial charge in [0.2, 0.25) is 0 Å². The van der Waals surface area contributed by atoms with E-state index in [1.807, 2.05) is 6.92 Å². The number of benzene rings is 1. The highest BCUT2D eigenvalue weighted by atomic mass is 28.4. The SMILES string of the molecule is CC(CO[Si](C(C)C)(C(C)C)C(C)C)c1nn2c(=O)cc(-c3ccc(C4CCCCC4)cc3)[nH]c2c1C(=O)N1CCC(C#N)C1. The fourth-order valence-electron chi connectivity index (χ4n) is 8.20. The van der Waals surface area contributed by atoms with Crippen molar-refractivity contribution in [1.82, 2.24) is 19.5 Å². The summed E-state index contributed by atoms with van der Waals surface area (Å²) in [7, 11) is -2.16. The van der Waals surface area contributed by atoms with Crippen molar-refractivity contribution in [2.45, 2.75) is 115 Å². The van der Waals surface area contributed by atoms with Gasteiger partial charge in [-0.2, -0.15) is 14.9 Å². The molecule has 0 spiro atoms. The van der Waals surface area contributed by atoms with Gasteiger partial charge in [0, 0.05) is 31.7 Å². The summed E-state index contributed by atoms with van der Waals surface area (Å²) in [5.74, 6) is 0.00533. The molecule has 2 unspecified atom stereocenters. The number of fused-ring (bicyclic) bond motifs is 1. The monoisotopic (exact) mass is 629 g/mol. The standard InChI is InChI=1S/C36H51N5O3Si/c1-23(2)45(24(3)4,25(5)6)44-22-26(7)34-33(36(43)40-18-17-27(20-37)21-40)35-38-31(19-32(42)41(35)39-34)30-15-13-29(14-16-30)28-11-9-8-10-12-28/h13-16,19,23-28,38H,8-12,17-18,21-22H2,1-7H3. The summed E-state index contributed by atoms with van der Waals surface area (Å²) < 4.78 is 8.28. The Bertz CT molecular complexity index is 1570. The number of aromatic nitrogens is 3. The molecular formula is C36H51N5O3Si. The second-order valence-corrected chi connectivity index (χ2v) is 19.9. The van der Waals surface area contributed by atoms with Gasteiger partial charge in [-0.05, 0) is 52.9 Å². The van der Waals surface area contributed by atoms with Gasteiger partial charge in [-0.1, -0.05) is 92.0 Å². The van der Waals surface area contributed by atoms with Crippen LogP contribution in [0.3, 0.4) is 0 Å². The Labute approximate surface area is 269 Å². The molecular weight excluding hydrogens is 579 g/mol. The van der Waals surface area contributed by atoms with Gasteiger partial charge in [-0.3, -0.25) is 9.59 Å². The lowest BCUT2D eigenvalue weighted by molar-refractivity contribution is 0.0789. The van der Waals surface area contributed by atoms with Crippen molar-refractivity contribution in [1.29, 1.82) is 5.26 Å². The Balaban J connectivity index is 1.55. The van der Waals surface area contributed by atoms with Crippen molar-refractivity contribution in [3.63, 3.8) is 0 Å². The number of nitriles is 1. The average molecular weight is 630 g/mol. The third kappa shape index (κ3) is 6.41. The Hall–Kier alpha value is -3.22. The molecule has 0 bridgehead atoms. The average Bonchev–Trinajstić information content (AvgIpc) is 3.67. The van der Waals surface area contributed by atoms with E-state index in [0.717, 1.165) is 5.56 Å². The van der Waals surface area contributed by atoms with Gasteiger partial charge in [0.1, 0.15) is 5.56 Å². The summed E-state index contributed by atoms with van der Waals surface area (Å²) >= 11 is 0. The van der Waals surface area contributed by atoms with E-state index >= 15 is 0 Å². The zero-order chi connectivity index (χ0) is 32.5. The molecule has 1 N–H and O–H groups in total. The topological polar surface area (TPSA) is 103 Å². The lowest BCUT2D eigenvalue weighted by atomic mass is 9.84. The minimum absolute atomic E-state index is 0.188. The zero-order valence-corrected chi connectivity index (χ0v) is 29.2. The highest BCUT2D eigenvalue weighted by molar-refractivity contribution is 6.77. The molecule has 2 aliphatic rings. The van der Waals surface area contributed by atoms with E-state index in [4.69, 9.17) is 9.52 Å². The molecule has 242 valence electrons. The van der Waals surface area contributed by atoms with Crippen molar-refractivity contribution < 1.29 is 9.22 Å². The van der Waals surface area contributed by atoms with Crippen molar-refractivity contribution in [2.75, 3.05) is 19.7 Å². The summed E-state index contributed by atoms with van der Waals surface area (Å²) in [5.41, 5.74) is 5.29. The highest BCUT2D eigenvalue weighted by Gasteiger charge is 2.45. The minimum Gasteiger partial charge on any atom is -0.415 e. The summed E-state index contributed by atoms with van der Waals surface area (Å²) in [6.07, 6.45) is 6.98. The first-order valence-corrected chi connectivity index (χ1v) is 19.2. The number of carbonyl (C=O) groups excluding carboxylic acids is 1. The minimum atomic E-state index is -2.16. The first-order chi connectivity index (χ1) is 21.5. The fourth-order valence-corrected chi connectivity index (χ4v) is 13.7. The molecule has 2 aromatic heterocycles. The first kappa shape index (κ1) is 33.1. The van der Waals surface area contributed by atoms with Crippen LogP contribution in [0.25, 0.3) is 16.9 Å². The zero-order valence-electron chi connectivity index (χ0n) is 28.2. The molecule has 2 atom stereocenters. The van der Waals surface area contributed by atoms with Crippen LogP contribution >= 0.6 is 0 Å². The molecule has 1 saturated carbocycles. The number of amides is 1. The normalized spacial score (nSPS) is 18.8. The molecule has 1 aliphatic heterocycles. The highest BCUT2D eigenvalue weighted by Crippen LogP contribution is 2.43. The largest absolute Gasteiger partial charge is 0.415 e. The third-order valence-corrected chi connectivity index (χ3v) is 16.7. The van der Waals surface area contributed by atoms with Gasteiger partial charge in [0.15, 0.2) is 14.0 Å². The van der Waals surface area contributed by atoms with Crippen molar-refractivity contribution in [2.24, 2.45) is 5.92 Å². The maximum atomic E-state index is 14.2. The number of hydrogen-bond acceptors (Lipinski definition) is 5. The number of likely N-dealkylation sites (tertiary alicyclic amines) is 1. The summed E-state index contributed by atoms with van der Waals surface area (Å²) in [6, 6.07) is 12.4. The van der Waals surface area contributed by atoms with Crippen LogP contribution in [-0.2, 0) is 4.43 Å². The Morgan fingerprint density at radius 3 is 2.24 bits per heavy atom. The molecule has 8 nitrogen and oxygen atoms in total. The van der Waals surface area contributed by atoms with Crippen molar-refractivity contribution in [3.05, 3.63) is 57.5 Å². The smallest absolute Gasteiger partial charge is 0.274 e. The van der Waals surface area contributed by atoms with Crippen LogP contribution in [0.4, 0.5) is 0 Å². The summed E-state index contributed by atoms with van der Waals surface area (Å²) in [4.78, 5) is 33.0. The van der Waals surface area contributed by atoms with Gasteiger partial charge in [0.05, 0.1) is 23.4 Å². The van der Waals surface area contributed by atoms with Crippen LogP contribution in [-0.4, -0.2) is 53.4 Å². The van der Waals surface area contributed by atoms with Crippen molar-refractivity contribution in [3.8, 4) is 17.3 Å². The van der Waals surface area contributed by atoms with E-state index in [9.17, 15) is 14.9 Å². The molecule has 1 aromatic carbocycles. The maximum Gasteiger partial charge on any atom is 0.274 e. The van der Waals surface area contributed by atoms with Crippen molar-refractivity contribution >= 4 is 19.9 Å². The lowest BCUT2D eigenvalue weighted by Gasteiger charge is -2.42. The fraction of sp³-hybridized carbons (Fsp3) is 0.611. The third-order valence-electron chi connectivity index (χ3n) is 10.6. The lowest BCUT2D eigenvalue weighted by Crippen LogP contribution is -2.48. The molecule has 3 aromatic rings. The van der Waals surface area contributed by atoms with Gasteiger partial charge in [-0.25, -0.2) is 0 Å². The molecule has 1 amide bonds. The van der Waals surface area contributed by atoms with Gasteiger partial charge in [-0.15, -0.1) is 0 Å². The second kappa shape index (κ2) is 13.6. The van der Waals surface area contributed by atoms with E-state index in [-0.39, 0.29) is 23.3 Å². The maximum absolute atomic E-state index is 14.2. The number of hydrogen-bond donors (Lipinski definition) is 1. The van der Waals surface area contributed by atoms with Crippen LogP contribution in [0.2, 0.25) is 16.6 Å². The Morgan fingerprint density at radius 2 is 1.67 bits per heavy atom. The molecule has 3 heterocycles. The predicted molar refractivity (Wildman–Crippen MR) is 182 cm³/mol. The number of carbonyl (C=O) groups is 1. The second-order valence-electron chi connectivity index (χ2n) is 14.4. The van der Waals surface area contributed by atoms with Crippen LogP contribution in [0.1, 0.15) is 120 Å². The van der Waals surface area contributed by atoms with Gasteiger partial charge >= 0.3 is 0 Å². The first-order valence-electron chi connectivity index (χ1n) is 17.1. The number of H-pyrrole nitrogens is 1. The number of aromatic amines is 1. The Kier molecular flexibility index (Phi) is 10.0. The molecule has 2 fully saturated rings. The molecule has 1 aliphatic carbocycles. The van der Waals surface area contributed by atoms with Crippen LogP contribution < -0.4 is 5.56 Å². The predicted octanol–water partition coefficient (Wildman–Crippen LogP) is 8.02. The van der Waals surface area contributed by atoms with E-state index in [0.29, 0.717) is 71.3 Å². The molecule has 45 heavy (non-hydrogen) atoms. The van der Waals surface area contributed by atoms with E-state index in [1.165, 1.54) is 42.2 Å². The van der Waals surface area contributed by atoms with Crippen LogP contribution in [0, 0.1) is 17.2 Å². The summed E-state index contributed by atoms with van der Waals surface area (Å²) in [5, 5.41) is 14.3. The van der Waals surface area contributed by atoms with Crippen LogP contribution in [0.15, 0.2) is 35.1 Å².